The minimum absolute atomic E-state index is 0.133. The number of carbonyl (C=O) groups is 1. The predicted octanol–water partition coefficient (Wildman–Crippen LogP) is 2.09. The van der Waals surface area contributed by atoms with Gasteiger partial charge in [0.05, 0.1) is 5.56 Å². The van der Waals surface area contributed by atoms with Crippen molar-refractivity contribution in [3.63, 3.8) is 0 Å². The van der Waals surface area contributed by atoms with Crippen molar-refractivity contribution in [1.82, 2.24) is 0 Å². The van der Waals surface area contributed by atoms with Crippen molar-refractivity contribution >= 4 is 5.97 Å². The molecule has 0 amide bonds. The molecule has 0 atom stereocenters. The molecule has 0 fully saturated rings. The molecule has 0 radical (unpaired) electrons. The molecule has 1 N–H and O–H groups in total. The number of hydrogen-bond donors (Lipinski definition) is 1. The zero-order valence-electron chi connectivity index (χ0n) is 6.67. The molecule has 1 aromatic rings. The summed E-state index contributed by atoms with van der Waals surface area (Å²) in [5.74, 6) is -1.37. The number of aryl methyl sites for hydroxylation is 1. The predicted molar refractivity (Wildman–Crippen MR) is 42.7 cm³/mol. The molecular formula is C9H9FO2. The molecule has 0 saturated carbocycles. The van der Waals surface area contributed by atoms with E-state index in [9.17, 15) is 9.18 Å². The van der Waals surface area contributed by atoms with Crippen LogP contribution in [0.3, 0.4) is 0 Å². The molecule has 0 aliphatic heterocycles. The summed E-state index contributed by atoms with van der Waals surface area (Å²) >= 11 is 0. The van der Waals surface area contributed by atoms with Crippen LogP contribution in [-0.4, -0.2) is 11.1 Å². The zero-order chi connectivity index (χ0) is 9.14. The number of carboxylic acids is 1. The van der Waals surface area contributed by atoms with Crippen LogP contribution in [0.5, 0.6) is 0 Å². The van der Waals surface area contributed by atoms with Gasteiger partial charge in [-0.15, -0.1) is 0 Å². The number of hydrogen-bond acceptors (Lipinski definition) is 1. The highest BCUT2D eigenvalue weighted by Gasteiger charge is 2.05. The van der Waals surface area contributed by atoms with Gasteiger partial charge in [0.15, 0.2) is 0 Å². The van der Waals surface area contributed by atoms with Gasteiger partial charge in [-0.2, -0.15) is 0 Å². The van der Waals surface area contributed by atoms with Crippen LogP contribution >= 0.6 is 0 Å². The number of aromatic carboxylic acids is 1. The monoisotopic (exact) mass is 168 g/mol. The number of rotatable bonds is 2. The Morgan fingerprint density at radius 1 is 1.58 bits per heavy atom. The first-order valence-corrected chi connectivity index (χ1v) is 3.67. The molecule has 0 aliphatic rings. The van der Waals surface area contributed by atoms with E-state index in [2.05, 4.69) is 0 Å². The Labute approximate surface area is 69.6 Å². The third-order valence-electron chi connectivity index (χ3n) is 1.67. The van der Waals surface area contributed by atoms with Gasteiger partial charge >= 0.3 is 5.97 Å². The molecule has 1 rings (SSSR count). The zero-order valence-corrected chi connectivity index (χ0v) is 6.67. The van der Waals surface area contributed by atoms with Crippen molar-refractivity contribution in [3.8, 4) is 0 Å². The van der Waals surface area contributed by atoms with Gasteiger partial charge in [0, 0.05) is 0 Å². The van der Waals surface area contributed by atoms with Crippen LogP contribution in [-0.2, 0) is 6.42 Å². The van der Waals surface area contributed by atoms with Crippen molar-refractivity contribution in [2.24, 2.45) is 0 Å². The lowest BCUT2D eigenvalue weighted by atomic mass is 10.1. The Bertz CT molecular complexity index is 307. The maximum absolute atomic E-state index is 12.8. The second kappa shape index (κ2) is 3.34. The Morgan fingerprint density at radius 3 is 2.75 bits per heavy atom. The van der Waals surface area contributed by atoms with Gasteiger partial charge < -0.3 is 5.11 Å². The van der Waals surface area contributed by atoms with Gasteiger partial charge in [0.1, 0.15) is 5.82 Å². The fraction of sp³-hybridized carbons (Fsp3) is 0.222. The minimum atomic E-state index is -1.02. The average molecular weight is 168 g/mol. The molecule has 0 bridgehead atoms. The van der Waals surface area contributed by atoms with E-state index in [0.29, 0.717) is 12.0 Å². The molecule has 0 aromatic heterocycles. The highest BCUT2D eigenvalue weighted by atomic mass is 19.1. The Hall–Kier alpha value is -1.38. The second-order valence-electron chi connectivity index (χ2n) is 2.46. The summed E-state index contributed by atoms with van der Waals surface area (Å²) in [6, 6.07) is 3.80. The fourth-order valence-corrected chi connectivity index (χ4v) is 0.979. The van der Waals surface area contributed by atoms with Crippen molar-refractivity contribution in [3.05, 3.63) is 35.1 Å². The van der Waals surface area contributed by atoms with E-state index >= 15 is 0 Å². The quantitative estimate of drug-likeness (QED) is 0.734. The standard InChI is InChI=1S/C9H9FO2/c1-2-6-5-7(9(11)12)3-4-8(6)10/h3-5H,2H2,1H3,(H,11,12). The Kier molecular flexibility index (Phi) is 2.43. The van der Waals surface area contributed by atoms with E-state index in [4.69, 9.17) is 5.11 Å². The maximum Gasteiger partial charge on any atom is 0.335 e. The first-order valence-electron chi connectivity index (χ1n) is 3.67. The summed E-state index contributed by atoms with van der Waals surface area (Å²) in [5.41, 5.74) is 0.572. The Morgan fingerprint density at radius 2 is 2.25 bits per heavy atom. The molecule has 0 aliphatic carbocycles. The summed E-state index contributed by atoms with van der Waals surface area (Å²) in [6.45, 7) is 1.78. The summed E-state index contributed by atoms with van der Waals surface area (Å²) in [6.07, 6.45) is 0.507. The SMILES string of the molecule is CCc1cc(C(=O)O)ccc1F. The summed E-state index contributed by atoms with van der Waals surface area (Å²) in [4.78, 5) is 10.5. The van der Waals surface area contributed by atoms with Crippen LogP contribution in [0.4, 0.5) is 4.39 Å². The molecule has 64 valence electrons. The van der Waals surface area contributed by atoms with Crippen molar-refractivity contribution < 1.29 is 14.3 Å². The minimum Gasteiger partial charge on any atom is -0.478 e. The van der Waals surface area contributed by atoms with E-state index in [0.717, 1.165) is 0 Å². The highest BCUT2D eigenvalue weighted by Crippen LogP contribution is 2.10. The van der Waals surface area contributed by atoms with E-state index in [-0.39, 0.29) is 11.4 Å². The number of halogens is 1. The average Bonchev–Trinajstić information content (AvgIpc) is 2.05. The molecule has 1 aromatic carbocycles. The molecular weight excluding hydrogens is 159 g/mol. The normalized spacial score (nSPS) is 9.83. The van der Waals surface area contributed by atoms with Gasteiger partial charge in [0.25, 0.3) is 0 Å². The molecule has 3 heteroatoms. The van der Waals surface area contributed by atoms with E-state index in [1.165, 1.54) is 18.2 Å². The summed E-state index contributed by atoms with van der Waals surface area (Å²) < 4.78 is 12.8. The van der Waals surface area contributed by atoms with Crippen LogP contribution in [0, 0.1) is 5.82 Å². The number of carboxylic acid groups (broad SMARTS) is 1. The lowest BCUT2D eigenvalue weighted by molar-refractivity contribution is 0.0696. The van der Waals surface area contributed by atoms with Crippen LogP contribution in [0.1, 0.15) is 22.8 Å². The van der Waals surface area contributed by atoms with Crippen LogP contribution in [0.15, 0.2) is 18.2 Å². The summed E-state index contributed by atoms with van der Waals surface area (Å²) in [5, 5.41) is 8.57. The van der Waals surface area contributed by atoms with Crippen molar-refractivity contribution in [2.45, 2.75) is 13.3 Å². The van der Waals surface area contributed by atoms with Gasteiger partial charge in [-0.1, -0.05) is 6.92 Å². The van der Waals surface area contributed by atoms with E-state index < -0.39 is 5.97 Å². The van der Waals surface area contributed by atoms with Gasteiger partial charge in [0.2, 0.25) is 0 Å². The first kappa shape index (κ1) is 8.71. The number of benzene rings is 1. The van der Waals surface area contributed by atoms with Crippen molar-refractivity contribution in [1.29, 1.82) is 0 Å². The smallest absolute Gasteiger partial charge is 0.335 e. The van der Waals surface area contributed by atoms with Crippen LogP contribution in [0.25, 0.3) is 0 Å². The molecule has 0 saturated heterocycles. The Balaban J connectivity index is 3.13. The first-order chi connectivity index (χ1) is 5.65. The van der Waals surface area contributed by atoms with E-state index in [1.807, 2.05) is 0 Å². The van der Waals surface area contributed by atoms with Gasteiger partial charge in [-0.25, -0.2) is 9.18 Å². The van der Waals surface area contributed by atoms with Crippen LogP contribution < -0.4 is 0 Å². The van der Waals surface area contributed by atoms with Gasteiger partial charge in [-0.3, -0.25) is 0 Å². The lowest BCUT2D eigenvalue weighted by Gasteiger charge is -2.00. The molecule has 0 spiro atoms. The second-order valence-corrected chi connectivity index (χ2v) is 2.46. The molecule has 12 heavy (non-hydrogen) atoms. The molecule has 0 unspecified atom stereocenters. The largest absolute Gasteiger partial charge is 0.478 e. The molecule has 2 nitrogen and oxygen atoms in total. The highest BCUT2D eigenvalue weighted by molar-refractivity contribution is 5.87. The third-order valence-corrected chi connectivity index (χ3v) is 1.67. The topological polar surface area (TPSA) is 37.3 Å². The summed E-state index contributed by atoms with van der Waals surface area (Å²) in [7, 11) is 0. The third kappa shape index (κ3) is 1.61. The fourth-order valence-electron chi connectivity index (χ4n) is 0.979. The lowest BCUT2D eigenvalue weighted by Crippen LogP contribution is -1.98. The van der Waals surface area contributed by atoms with Crippen LogP contribution in [0.2, 0.25) is 0 Å². The van der Waals surface area contributed by atoms with E-state index in [1.54, 1.807) is 6.92 Å². The maximum atomic E-state index is 12.8. The molecule has 0 heterocycles. The van der Waals surface area contributed by atoms with Crippen molar-refractivity contribution in [2.75, 3.05) is 0 Å². The van der Waals surface area contributed by atoms with Gasteiger partial charge in [-0.05, 0) is 30.2 Å².